The molecule has 2 nitrogen and oxygen atoms in total. The molecule has 1 aliphatic rings. The van der Waals surface area contributed by atoms with Gasteiger partial charge in [-0.15, -0.1) is 0 Å². The van der Waals surface area contributed by atoms with Gasteiger partial charge in [-0.05, 0) is 24.1 Å². The van der Waals surface area contributed by atoms with Crippen LogP contribution < -0.4 is 0 Å². The lowest BCUT2D eigenvalue weighted by molar-refractivity contribution is -0.138. The summed E-state index contributed by atoms with van der Waals surface area (Å²) in [6.07, 6.45) is 0.522. The number of carboxylic acid groups (broad SMARTS) is 1. The fourth-order valence-electron chi connectivity index (χ4n) is 1.61. The van der Waals surface area contributed by atoms with Crippen LogP contribution in [0.25, 0.3) is 0 Å². The van der Waals surface area contributed by atoms with E-state index in [2.05, 4.69) is 0 Å². The van der Waals surface area contributed by atoms with Crippen LogP contribution in [0.2, 0.25) is 5.02 Å². The van der Waals surface area contributed by atoms with Crippen LogP contribution in [0.5, 0.6) is 0 Å². The minimum absolute atomic E-state index is 0.176. The first-order valence-corrected chi connectivity index (χ1v) is 4.65. The minimum Gasteiger partial charge on any atom is -0.481 e. The van der Waals surface area contributed by atoms with Gasteiger partial charge in [-0.25, -0.2) is 4.39 Å². The van der Waals surface area contributed by atoms with E-state index in [-0.39, 0.29) is 5.92 Å². The maximum atomic E-state index is 13.3. The molecule has 1 fully saturated rings. The molecule has 0 amide bonds. The molecule has 2 atom stereocenters. The first-order chi connectivity index (χ1) is 6.59. The van der Waals surface area contributed by atoms with Crippen molar-refractivity contribution in [2.45, 2.75) is 12.3 Å². The normalized spacial score (nSPS) is 24.7. The number of rotatable bonds is 2. The average Bonchev–Trinajstić information content (AvgIpc) is 2.83. The van der Waals surface area contributed by atoms with Crippen molar-refractivity contribution in [3.05, 3.63) is 34.6 Å². The Bertz CT molecular complexity index is 392. The van der Waals surface area contributed by atoms with E-state index >= 15 is 0 Å². The van der Waals surface area contributed by atoms with Crippen molar-refractivity contribution in [2.24, 2.45) is 5.92 Å². The Hall–Kier alpha value is -1.09. The fourth-order valence-corrected chi connectivity index (χ4v) is 1.77. The Morgan fingerprint density at radius 1 is 1.57 bits per heavy atom. The molecule has 0 saturated heterocycles. The van der Waals surface area contributed by atoms with E-state index in [4.69, 9.17) is 16.7 Å². The standard InChI is InChI=1S/C10H8ClFO2/c11-5-1-2-6(9(12)3-5)7-4-8(7)10(13)14/h1-3,7-8H,4H2,(H,13,14)/t7-,8+/m0/s1. The van der Waals surface area contributed by atoms with Gasteiger partial charge < -0.3 is 5.11 Å². The largest absolute Gasteiger partial charge is 0.481 e. The van der Waals surface area contributed by atoms with Gasteiger partial charge in [0.25, 0.3) is 0 Å². The highest BCUT2D eigenvalue weighted by Crippen LogP contribution is 2.48. The smallest absolute Gasteiger partial charge is 0.307 e. The molecule has 2 rings (SSSR count). The quantitative estimate of drug-likeness (QED) is 0.822. The zero-order valence-electron chi connectivity index (χ0n) is 7.21. The molecule has 14 heavy (non-hydrogen) atoms. The van der Waals surface area contributed by atoms with Crippen LogP contribution >= 0.6 is 11.6 Å². The average molecular weight is 215 g/mol. The van der Waals surface area contributed by atoms with Crippen LogP contribution in [0, 0.1) is 11.7 Å². The van der Waals surface area contributed by atoms with Gasteiger partial charge in [0.15, 0.2) is 0 Å². The minimum atomic E-state index is -0.857. The van der Waals surface area contributed by atoms with E-state index in [0.29, 0.717) is 17.0 Å². The molecule has 0 unspecified atom stereocenters. The lowest BCUT2D eigenvalue weighted by atomic mass is 10.1. The first kappa shape index (κ1) is 9.46. The molecule has 1 aromatic rings. The maximum absolute atomic E-state index is 13.3. The van der Waals surface area contributed by atoms with Crippen LogP contribution in [0.1, 0.15) is 17.9 Å². The van der Waals surface area contributed by atoms with Gasteiger partial charge in [0.05, 0.1) is 5.92 Å². The van der Waals surface area contributed by atoms with Gasteiger partial charge in [-0.3, -0.25) is 4.79 Å². The summed E-state index contributed by atoms with van der Waals surface area (Å²) in [5.74, 6) is -1.87. The summed E-state index contributed by atoms with van der Waals surface area (Å²) in [4.78, 5) is 10.6. The van der Waals surface area contributed by atoms with Crippen molar-refractivity contribution in [1.29, 1.82) is 0 Å². The van der Waals surface area contributed by atoms with E-state index in [0.717, 1.165) is 0 Å². The van der Waals surface area contributed by atoms with Crippen molar-refractivity contribution in [3.8, 4) is 0 Å². The van der Waals surface area contributed by atoms with E-state index < -0.39 is 17.7 Å². The molecule has 1 saturated carbocycles. The molecule has 0 aromatic heterocycles. The Balaban J connectivity index is 2.23. The molecule has 74 valence electrons. The molecular weight excluding hydrogens is 207 g/mol. The zero-order chi connectivity index (χ0) is 10.3. The number of carbonyl (C=O) groups is 1. The van der Waals surface area contributed by atoms with Crippen molar-refractivity contribution in [3.63, 3.8) is 0 Å². The van der Waals surface area contributed by atoms with Crippen LogP contribution in [0.4, 0.5) is 4.39 Å². The third-order valence-corrected chi connectivity index (χ3v) is 2.70. The molecule has 1 aromatic carbocycles. The zero-order valence-corrected chi connectivity index (χ0v) is 7.96. The molecule has 4 heteroatoms. The predicted molar refractivity (Wildman–Crippen MR) is 49.9 cm³/mol. The molecule has 0 radical (unpaired) electrons. The molecule has 0 bridgehead atoms. The number of hydrogen-bond acceptors (Lipinski definition) is 1. The topological polar surface area (TPSA) is 37.3 Å². The maximum Gasteiger partial charge on any atom is 0.307 e. The van der Waals surface area contributed by atoms with Gasteiger partial charge in [-0.1, -0.05) is 17.7 Å². The van der Waals surface area contributed by atoms with Crippen LogP contribution in [0.3, 0.4) is 0 Å². The van der Waals surface area contributed by atoms with Crippen LogP contribution in [-0.2, 0) is 4.79 Å². The Labute approximate surface area is 85.3 Å². The molecule has 0 heterocycles. The second kappa shape index (κ2) is 3.24. The third kappa shape index (κ3) is 1.60. The second-order valence-corrected chi connectivity index (χ2v) is 3.89. The summed E-state index contributed by atoms with van der Waals surface area (Å²) in [5, 5.41) is 9.01. The Morgan fingerprint density at radius 2 is 2.29 bits per heavy atom. The van der Waals surface area contributed by atoms with Gasteiger partial charge >= 0.3 is 5.97 Å². The first-order valence-electron chi connectivity index (χ1n) is 4.27. The number of benzene rings is 1. The van der Waals surface area contributed by atoms with E-state index in [9.17, 15) is 9.18 Å². The summed E-state index contributed by atoms with van der Waals surface area (Å²) in [7, 11) is 0. The van der Waals surface area contributed by atoms with Crippen molar-refractivity contribution in [2.75, 3.05) is 0 Å². The summed E-state index contributed by atoms with van der Waals surface area (Å²) in [5.41, 5.74) is 0.460. The summed E-state index contributed by atoms with van der Waals surface area (Å²) >= 11 is 5.58. The highest BCUT2D eigenvalue weighted by molar-refractivity contribution is 6.30. The van der Waals surface area contributed by atoms with Crippen LogP contribution in [0.15, 0.2) is 18.2 Å². The fraction of sp³-hybridized carbons (Fsp3) is 0.300. The van der Waals surface area contributed by atoms with Gasteiger partial charge in [0, 0.05) is 10.9 Å². The molecule has 1 N–H and O–H groups in total. The molecule has 0 spiro atoms. The monoisotopic (exact) mass is 214 g/mol. The lowest BCUT2D eigenvalue weighted by Gasteiger charge is -2.00. The number of halogens is 2. The number of carboxylic acids is 1. The summed E-state index contributed by atoms with van der Waals surface area (Å²) in [6.45, 7) is 0. The number of aliphatic carboxylic acids is 1. The van der Waals surface area contributed by atoms with Gasteiger partial charge in [0.2, 0.25) is 0 Å². The SMILES string of the molecule is O=C(O)[C@@H]1C[C@H]1c1ccc(Cl)cc1F. The highest BCUT2D eigenvalue weighted by Gasteiger charge is 2.45. The summed E-state index contributed by atoms with van der Waals surface area (Å²) < 4.78 is 13.3. The van der Waals surface area contributed by atoms with Crippen molar-refractivity contribution < 1.29 is 14.3 Å². The summed E-state index contributed by atoms with van der Waals surface area (Å²) in [6, 6.07) is 4.36. The van der Waals surface area contributed by atoms with Crippen molar-refractivity contribution in [1.82, 2.24) is 0 Å². The Kier molecular flexibility index (Phi) is 2.19. The second-order valence-electron chi connectivity index (χ2n) is 3.45. The molecule has 0 aliphatic heterocycles. The van der Waals surface area contributed by atoms with Gasteiger partial charge in [0.1, 0.15) is 5.82 Å². The van der Waals surface area contributed by atoms with Gasteiger partial charge in [-0.2, -0.15) is 0 Å². The van der Waals surface area contributed by atoms with Crippen LogP contribution in [-0.4, -0.2) is 11.1 Å². The number of hydrogen-bond donors (Lipinski definition) is 1. The molecule has 1 aliphatic carbocycles. The predicted octanol–water partition coefficient (Wildman–Crippen LogP) is 2.67. The van der Waals surface area contributed by atoms with E-state index in [1.165, 1.54) is 6.07 Å². The van der Waals surface area contributed by atoms with E-state index in [1.807, 2.05) is 0 Å². The highest BCUT2D eigenvalue weighted by atomic mass is 35.5. The van der Waals surface area contributed by atoms with E-state index in [1.54, 1.807) is 12.1 Å². The van der Waals surface area contributed by atoms with Crippen molar-refractivity contribution >= 4 is 17.6 Å². The molecular formula is C10H8ClFO2. The third-order valence-electron chi connectivity index (χ3n) is 2.47. The Morgan fingerprint density at radius 3 is 2.79 bits per heavy atom. The lowest BCUT2D eigenvalue weighted by Crippen LogP contribution is -1.99.